The van der Waals surface area contributed by atoms with Gasteiger partial charge in [-0.3, -0.25) is 14.0 Å². The molecule has 3 unspecified atom stereocenters. The Labute approximate surface area is 273 Å². The molecule has 0 saturated heterocycles. The first-order valence-corrected chi connectivity index (χ1v) is 18.8. The van der Waals surface area contributed by atoms with Crippen molar-refractivity contribution in [3.8, 4) is 16.9 Å². The first-order chi connectivity index (χ1) is 21.4. The van der Waals surface area contributed by atoms with E-state index in [9.17, 15) is 13.1 Å². The molecule has 1 N–H and O–H groups in total. The number of halogens is 3. The average Bonchev–Trinajstić information content (AvgIpc) is 3.61. The Bertz CT molecular complexity index is 1740. The second-order valence-electron chi connectivity index (χ2n) is 10.6. The molecule has 0 radical (unpaired) electrons. The number of nitrogens with zero attached hydrogens (tertiary/aromatic N) is 4. The molecule has 0 fully saturated rings. The van der Waals surface area contributed by atoms with E-state index >= 15 is 0 Å². The van der Waals surface area contributed by atoms with Gasteiger partial charge in [-0.1, -0.05) is 49.4 Å². The Morgan fingerprint density at radius 1 is 1.18 bits per heavy atom. The molecule has 3 aromatic carbocycles. The second-order valence-corrected chi connectivity index (χ2v) is 13.2. The van der Waals surface area contributed by atoms with Crippen LogP contribution in [0.1, 0.15) is 36.3 Å². The van der Waals surface area contributed by atoms with Crippen molar-refractivity contribution < 1.29 is 22.5 Å². The maximum atomic E-state index is 14.8. The van der Waals surface area contributed by atoms with Crippen LogP contribution in [0.15, 0.2) is 72.1 Å². The van der Waals surface area contributed by atoms with Crippen LogP contribution < -0.4 is 10.1 Å². The first kappa shape index (κ1) is 31.1. The first-order valence-electron chi connectivity index (χ1n) is 14.1. The lowest BCUT2D eigenvalue weighted by atomic mass is 9.96. The van der Waals surface area contributed by atoms with Crippen molar-refractivity contribution in [2.45, 2.75) is 38.5 Å². The number of carbonyl (C=O) groups is 1. The van der Waals surface area contributed by atoms with Gasteiger partial charge >= 0.3 is 5.97 Å². The molecule has 0 aliphatic carbocycles. The summed E-state index contributed by atoms with van der Waals surface area (Å²) in [6.07, 6.45) is 0.773. The topological polar surface area (TPSA) is 71.9 Å². The fraction of sp³-hybridized carbons (Fsp3) is 0.290. The number of benzene rings is 3. The highest BCUT2D eigenvalue weighted by molar-refractivity contribution is 14.2. The highest BCUT2D eigenvalue weighted by Crippen LogP contribution is 2.45. The number of aromatic nitrogens is 2. The third kappa shape index (κ3) is 5.65. The number of carbonyl (C=O) groups excluding carboxylic acids is 1. The van der Waals surface area contributed by atoms with Crippen LogP contribution in [-0.2, 0) is 22.5 Å². The summed E-state index contributed by atoms with van der Waals surface area (Å²) in [6.45, 7) is 2.91. The van der Waals surface area contributed by atoms with Crippen LogP contribution in [-0.4, -0.2) is 51.5 Å². The van der Waals surface area contributed by atoms with E-state index in [2.05, 4.69) is 27.4 Å². The van der Waals surface area contributed by atoms with Gasteiger partial charge in [-0.05, 0) is 68.9 Å². The lowest BCUT2D eigenvalue weighted by Gasteiger charge is -2.35. The third-order valence-electron chi connectivity index (χ3n) is 8.25. The molecule has 0 saturated carbocycles. The van der Waals surface area contributed by atoms with E-state index in [1.54, 1.807) is 10.4 Å². The predicted octanol–water partition coefficient (Wildman–Crippen LogP) is 7.30. The van der Waals surface area contributed by atoms with E-state index in [1.807, 2.05) is 64.8 Å². The van der Waals surface area contributed by atoms with Gasteiger partial charge in [-0.15, -0.1) is 3.89 Å². The summed E-state index contributed by atoms with van der Waals surface area (Å²) in [4.78, 5) is 14.9. The summed E-state index contributed by atoms with van der Waals surface area (Å²) in [5.74, 6) is -0.525. The van der Waals surface area contributed by atoms with E-state index in [0.29, 0.717) is 31.6 Å². The summed E-state index contributed by atoms with van der Waals surface area (Å²) in [5, 5.41) is 9.29. The van der Waals surface area contributed by atoms with Crippen LogP contribution in [0.4, 0.5) is 8.28 Å². The van der Waals surface area contributed by atoms with Crippen molar-refractivity contribution >= 4 is 57.6 Å². The lowest BCUT2D eigenvalue weighted by molar-refractivity contribution is -0.147. The molecule has 1 aromatic heterocycles. The molecule has 230 valence electrons. The summed E-state index contributed by atoms with van der Waals surface area (Å²) < 4.78 is 43.5. The number of hydrogen-bond donors (Lipinski definition) is 1. The van der Waals surface area contributed by atoms with E-state index in [4.69, 9.17) is 14.6 Å². The third-order valence-corrected chi connectivity index (χ3v) is 10.7. The monoisotopic (exact) mass is 749 g/mol. The molecular weight excluding hydrogens is 718 g/mol. The zero-order chi connectivity index (χ0) is 31.0. The molecule has 8 nitrogen and oxygen atoms in total. The van der Waals surface area contributed by atoms with Crippen molar-refractivity contribution in [1.29, 1.82) is 0 Å². The SMILES string of the molecule is CCc1cc(OC)c(F)cc1-c1ccc2c(C3NC4=C(CN(Cc5ccccc5)C(C(=O)OC)C4)N3SF)nn(PI)c2c1. The molecule has 4 aromatic rings. The maximum absolute atomic E-state index is 14.8. The second kappa shape index (κ2) is 13.2. The predicted molar refractivity (Wildman–Crippen MR) is 180 cm³/mol. The quantitative estimate of drug-likeness (QED) is 0.0828. The Hall–Kier alpha value is -2.93. The number of aryl methyl sites for hydroxylation is 1. The number of fused-ring (bicyclic) bond motifs is 1. The van der Waals surface area contributed by atoms with Crippen LogP contribution in [0.3, 0.4) is 0 Å². The highest BCUT2D eigenvalue weighted by atomic mass is 127. The fourth-order valence-electron chi connectivity index (χ4n) is 6.06. The Balaban J connectivity index is 1.36. The van der Waals surface area contributed by atoms with E-state index < -0.39 is 18.0 Å². The zero-order valence-electron chi connectivity index (χ0n) is 24.3. The molecule has 6 rings (SSSR count). The Kier molecular flexibility index (Phi) is 9.32. The van der Waals surface area contributed by atoms with Gasteiger partial charge in [0.15, 0.2) is 30.1 Å². The van der Waals surface area contributed by atoms with Crippen molar-refractivity contribution in [1.82, 2.24) is 24.1 Å². The average molecular weight is 750 g/mol. The molecule has 44 heavy (non-hydrogen) atoms. The number of rotatable bonds is 9. The molecule has 2 aliphatic heterocycles. The van der Waals surface area contributed by atoms with E-state index in [1.165, 1.54) is 20.3 Å². The number of methoxy groups -OCH3 is 2. The number of esters is 1. The molecule has 0 bridgehead atoms. The van der Waals surface area contributed by atoms with Crippen molar-refractivity contribution in [3.05, 3.63) is 94.7 Å². The van der Waals surface area contributed by atoms with Gasteiger partial charge in [0.05, 0.1) is 31.8 Å². The largest absolute Gasteiger partial charge is 0.494 e. The highest BCUT2D eigenvalue weighted by Gasteiger charge is 2.43. The number of hydrogen-bond acceptors (Lipinski definition) is 8. The van der Waals surface area contributed by atoms with Gasteiger partial charge in [0.1, 0.15) is 11.7 Å². The van der Waals surface area contributed by atoms with E-state index in [0.717, 1.165) is 44.6 Å². The Morgan fingerprint density at radius 3 is 2.66 bits per heavy atom. The number of nitrogens with one attached hydrogen (secondary N) is 1. The lowest BCUT2D eigenvalue weighted by Crippen LogP contribution is -2.46. The summed E-state index contributed by atoms with van der Waals surface area (Å²) in [6, 6.07) is 18.6. The maximum Gasteiger partial charge on any atom is 0.323 e. The summed E-state index contributed by atoms with van der Waals surface area (Å²) >= 11 is 2.43. The normalized spacial score (nSPS) is 18.7. The van der Waals surface area contributed by atoms with Gasteiger partial charge in [0.2, 0.25) is 0 Å². The molecule has 0 spiro atoms. The molecule has 0 amide bonds. The van der Waals surface area contributed by atoms with Crippen LogP contribution in [0, 0.1) is 5.82 Å². The fourth-order valence-corrected chi connectivity index (χ4v) is 8.07. The minimum absolute atomic E-state index is 0.148. The molecular formula is C31H31F2IN5O3PS. The van der Waals surface area contributed by atoms with Crippen molar-refractivity contribution in [3.63, 3.8) is 0 Å². The minimum atomic E-state index is -0.586. The van der Waals surface area contributed by atoms with E-state index in [-0.39, 0.29) is 30.4 Å². The standard InChI is InChI=1S/C31H31F2IN5O3PS/c1-4-19-13-28(41-2)23(32)14-22(19)20-10-11-21-25(12-20)39(43-34)36-29(21)30-35-24-15-26(31(40)42-3)37(17-27(24)38(30)44-33)16-18-8-6-5-7-9-18/h5-14,26,30,35,43H,4,15-17H2,1-3H3. The van der Waals surface area contributed by atoms with Crippen LogP contribution in [0.25, 0.3) is 22.0 Å². The van der Waals surface area contributed by atoms with Gasteiger partial charge in [0.25, 0.3) is 0 Å². The number of ether oxygens (including phenoxy) is 2. The minimum Gasteiger partial charge on any atom is -0.494 e. The van der Waals surface area contributed by atoms with Gasteiger partial charge in [-0.25, -0.2) is 8.84 Å². The molecule has 13 heteroatoms. The summed E-state index contributed by atoms with van der Waals surface area (Å²) in [7, 11) is 2.85. The van der Waals surface area contributed by atoms with Crippen molar-refractivity contribution in [2.75, 3.05) is 20.8 Å². The van der Waals surface area contributed by atoms with Gasteiger partial charge in [-0.2, -0.15) is 5.10 Å². The van der Waals surface area contributed by atoms with Crippen LogP contribution >= 0.6 is 40.7 Å². The van der Waals surface area contributed by atoms with Crippen LogP contribution in [0.2, 0.25) is 0 Å². The zero-order valence-corrected chi connectivity index (χ0v) is 28.3. The van der Waals surface area contributed by atoms with Crippen molar-refractivity contribution in [2.24, 2.45) is 0 Å². The van der Waals surface area contributed by atoms with Crippen LogP contribution in [0.5, 0.6) is 5.75 Å². The van der Waals surface area contributed by atoms with Gasteiger partial charge < -0.3 is 14.8 Å². The summed E-state index contributed by atoms with van der Waals surface area (Å²) in [5.41, 5.74) is 6.81. The van der Waals surface area contributed by atoms with Gasteiger partial charge in [0, 0.05) is 30.6 Å². The molecule has 3 atom stereocenters. The molecule has 3 heterocycles. The smallest absolute Gasteiger partial charge is 0.323 e. The molecule has 2 aliphatic rings. The Morgan fingerprint density at radius 2 is 1.98 bits per heavy atom.